The Morgan fingerprint density at radius 2 is 2.44 bits per heavy atom. The first-order valence-electron chi connectivity index (χ1n) is 5.44. The molecule has 0 aliphatic carbocycles. The van der Waals surface area contributed by atoms with Crippen LogP contribution in [0.25, 0.3) is 10.2 Å². The second kappa shape index (κ2) is 5.14. The van der Waals surface area contributed by atoms with Crippen LogP contribution >= 0.6 is 11.3 Å². The average Bonchev–Trinajstić information content (AvgIpc) is 2.73. The van der Waals surface area contributed by atoms with Gasteiger partial charge in [0, 0.05) is 6.54 Å². The van der Waals surface area contributed by atoms with E-state index in [0.717, 1.165) is 5.56 Å². The molecule has 1 amide bonds. The molecule has 0 unspecified atom stereocenters. The van der Waals surface area contributed by atoms with Crippen LogP contribution in [0.5, 0.6) is 0 Å². The standard InChI is InChI=1S/C12H13N3O2S/c1-3-4-13-9(16)5-15-7-14-10-8(2)6-18-11(10)12(15)17/h3,6-7H,1,4-5H2,2H3,(H,13,16). The maximum atomic E-state index is 12.1. The summed E-state index contributed by atoms with van der Waals surface area (Å²) in [6, 6.07) is 0. The molecule has 18 heavy (non-hydrogen) atoms. The lowest BCUT2D eigenvalue weighted by Crippen LogP contribution is -2.32. The summed E-state index contributed by atoms with van der Waals surface area (Å²) in [7, 11) is 0. The SMILES string of the molecule is C=CCNC(=O)Cn1cnc2c(C)csc2c1=O. The number of thiophene rings is 1. The minimum atomic E-state index is -0.230. The third kappa shape index (κ3) is 2.33. The van der Waals surface area contributed by atoms with Crippen molar-refractivity contribution >= 4 is 27.5 Å². The Morgan fingerprint density at radius 3 is 3.17 bits per heavy atom. The summed E-state index contributed by atoms with van der Waals surface area (Å²) in [4.78, 5) is 27.8. The van der Waals surface area contributed by atoms with Crippen molar-refractivity contribution in [2.45, 2.75) is 13.5 Å². The Labute approximate surface area is 108 Å². The number of nitrogens with one attached hydrogen (secondary N) is 1. The lowest BCUT2D eigenvalue weighted by molar-refractivity contribution is -0.121. The maximum absolute atomic E-state index is 12.1. The van der Waals surface area contributed by atoms with Crippen molar-refractivity contribution in [1.82, 2.24) is 14.9 Å². The van der Waals surface area contributed by atoms with E-state index in [1.807, 2.05) is 12.3 Å². The molecule has 0 atom stereocenters. The Balaban J connectivity index is 2.29. The molecular formula is C12H13N3O2S. The molecule has 0 saturated carbocycles. The van der Waals surface area contributed by atoms with Crippen molar-refractivity contribution < 1.29 is 4.79 Å². The molecule has 5 nitrogen and oxygen atoms in total. The number of fused-ring (bicyclic) bond motifs is 1. The van der Waals surface area contributed by atoms with Crippen molar-refractivity contribution in [3.63, 3.8) is 0 Å². The topological polar surface area (TPSA) is 64.0 Å². The third-order valence-electron chi connectivity index (χ3n) is 2.48. The molecule has 0 aliphatic heterocycles. The number of carbonyl (C=O) groups excluding carboxylic acids is 1. The molecule has 0 aromatic carbocycles. The van der Waals surface area contributed by atoms with Crippen molar-refractivity contribution in [3.05, 3.63) is 40.3 Å². The third-order valence-corrected chi connectivity index (χ3v) is 3.56. The number of rotatable bonds is 4. The van der Waals surface area contributed by atoms with E-state index in [1.54, 1.807) is 6.08 Å². The van der Waals surface area contributed by atoms with E-state index in [1.165, 1.54) is 22.2 Å². The highest BCUT2D eigenvalue weighted by molar-refractivity contribution is 7.17. The first kappa shape index (κ1) is 12.5. The molecule has 2 rings (SSSR count). The monoisotopic (exact) mass is 263 g/mol. The van der Waals surface area contributed by atoms with Gasteiger partial charge >= 0.3 is 0 Å². The van der Waals surface area contributed by atoms with Crippen LogP contribution in [0, 0.1) is 6.92 Å². The fraction of sp³-hybridized carbons (Fsp3) is 0.250. The fourth-order valence-electron chi connectivity index (χ4n) is 1.57. The molecule has 6 heteroatoms. The van der Waals surface area contributed by atoms with Gasteiger partial charge in [-0.1, -0.05) is 6.08 Å². The highest BCUT2D eigenvalue weighted by atomic mass is 32.1. The van der Waals surface area contributed by atoms with Crippen LogP contribution in [-0.4, -0.2) is 22.0 Å². The first-order valence-corrected chi connectivity index (χ1v) is 6.32. The molecule has 2 heterocycles. The smallest absolute Gasteiger partial charge is 0.271 e. The predicted molar refractivity (Wildman–Crippen MR) is 71.8 cm³/mol. The summed E-state index contributed by atoms with van der Waals surface area (Å²) in [5, 5.41) is 4.51. The fourth-order valence-corrected chi connectivity index (χ4v) is 2.52. The lowest BCUT2D eigenvalue weighted by atomic mass is 10.3. The molecule has 0 bridgehead atoms. The highest BCUT2D eigenvalue weighted by Crippen LogP contribution is 2.19. The average molecular weight is 263 g/mol. The van der Waals surface area contributed by atoms with Gasteiger partial charge in [0.1, 0.15) is 11.2 Å². The molecule has 0 radical (unpaired) electrons. The van der Waals surface area contributed by atoms with Crippen LogP contribution in [0.2, 0.25) is 0 Å². The van der Waals surface area contributed by atoms with Crippen LogP contribution in [0.3, 0.4) is 0 Å². The Kier molecular flexibility index (Phi) is 3.57. The molecule has 0 spiro atoms. The van der Waals surface area contributed by atoms with Crippen LogP contribution < -0.4 is 10.9 Å². The normalized spacial score (nSPS) is 10.5. The van der Waals surface area contributed by atoms with Crippen molar-refractivity contribution in [2.75, 3.05) is 6.54 Å². The largest absolute Gasteiger partial charge is 0.351 e. The van der Waals surface area contributed by atoms with Crippen LogP contribution in [0.15, 0.2) is 29.2 Å². The number of nitrogens with zero attached hydrogens (tertiary/aromatic N) is 2. The predicted octanol–water partition coefficient (Wildman–Crippen LogP) is 1.07. The van der Waals surface area contributed by atoms with E-state index in [-0.39, 0.29) is 18.0 Å². The maximum Gasteiger partial charge on any atom is 0.271 e. The second-order valence-corrected chi connectivity index (χ2v) is 4.75. The van der Waals surface area contributed by atoms with Gasteiger partial charge in [-0.05, 0) is 17.9 Å². The van der Waals surface area contributed by atoms with Gasteiger partial charge < -0.3 is 5.32 Å². The van der Waals surface area contributed by atoms with Crippen molar-refractivity contribution in [1.29, 1.82) is 0 Å². The molecule has 1 N–H and O–H groups in total. The van der Waals surface area contributed by atoms with Gasteiger partial charge in [0.05, 0.1) is 11.8 Å². The van der Waals surface area contributed by atoms with Gasteiger partial charge in [0.2, 0.25) is 5.91 Å². The van der Waals surface area contributed by atoms with E-state index in [4.69, 9.17) is 0 Å². The van der Waals surface area contributed by atoms with E-state index >= 15 is 0 Å². The lowest BCUT2D eigenvalue weighted by Gasteiger charge is -2.05. The van der Waals surface area contributed by atoms with Gasteiger partial charge in [-0.25, -0.2) is 4.98 Å². The number of hydrogen-bond donors (Lipinski definition) is 1. The van der Waals surface area contributed by atoms with Gasteiger partial charge in [-0.2, -0.15) is 0 Å². The van der Waals surface area contributed by atoms with E-state index in [9.17, 15) is 9.59 Å². The Morgan fingerprint density at radius 1 is 1.67 bits per heavy atom. The zero-order valence-corrected chi connectivity index (χ0v) is 10.8. The number of aromatic nitrogens is 2. The zero-order chi connectivity index (χ0) is 13.1. The van der Waals surface area contributed by atoms with Crippen molar-refractivity contribution in [2.24, 2.45) is 0 Å². The summed E-state index contributed by atoms with van der Waals surface area (Å²) >= 11 is 1.36. The Bertz CT molecular complexity index is 657. The molecular weight excluding hydrogens is 250 g/mol. The molecule has 0 saturated heterocycles. The molecule has 2 aromatic heterocycles. The first-order chi connectivity index (χ1) is 8.63. The van der Waals surface area contributed by atoms with E-state index < -0.39 is 0 Å². The van der Waals surface area contributed by atoms with E-state index in [0.29, 0.717) is 16.8 Å². The summed E-state index contributed by atoms with van der Waals surface area (Å²) in [6.45, 7) is 5.79. The summed E-state index contributed by atoms with van der Waals surface area (Å²) in [5.41, 5.74) is 1.52. The van der Waals surface area contributed by atoms with Gasteiger partial charge in [-0.3, -0.25) is 14.2 Å². The molecule has 2 aromatic rings. The summed E-state index contributed by atoms with van der Waals surface area (Å²) in [5.74, 6) is -0.230. The molecule has 0 aliphatic rings. The molecule has 0 fully saturated rings. The number of hydrogen-bond acceptors (Lipinski definition) is 4. The van der Waals surface area contributed by atoms with Crippen LogP contribution in [0.4, 0.5) is 0 Å². The zero-order valence-electron chi connectivity index (χ0n) is 9.97. The number of aryl methyl sites for hydroxylation is 1. The van der Waals surface area contributed by atoms with Crippen molar-refractivity contribution in [3.8, 4) is 0 Å². The number of amides is 1. The van der Waals surface area contributed by atoms with E-state index in [2.05, 4.69) is 16.9 Å². The Hall–Kier alpha value is -1.95. The van der Waals surface area contributed by atoms with Gasteiger partial charge in [0.15, 0.2) is 0 Å². The summed E-state index contributed by atoms with van der Waals surface area (Å²) < 4.78 is 1.91. The minimum Gasteiger partial charge on any atom is -0.351 e. The summed E-state index contributed by atoms with van der Waals surface area (Å²) in [6.07, 6.45) is 3.00. The quantitative estimate of drug-likeness (QED) is 0.839. The molecule has 94 valence electrons. The minimum absolute atomic E-state index is 0.0213. The van der Waals surface area contributed by atoms with Gasteiger partial charge in [0.25, 0.3) is 5.56 Å². The van der Waals surface area contributed by atoms with Gasteiger partial charge in [-0.15, -0.1) is 17.9 Å². The van der Waals surface area contributed by atoms with Crippen LogP contribution in [0.1, 0.15) is 5.56 Å². The number of carbonyl (C=O) groups is 1. The second-order valence-electron chi connectivity index (χ2n) is 3.87. The highest BCUT2D eigenvalue weighted by Gasteiger charge is 2.10. The van der Waals surface area contributed by atoms with Crippen LogP contribution in [-0.2, 0) is 11.3 Å².